The van der Waals surface area contributed by atoms with Gasteiger partial charge in [0.25, 0.3) is 0 Å². The third kappa shape index (κ3) is 5.24. The molecule has 1 aromatic heterocycles. The smallest absolute Gasteiger partial charge is 0.325 e. The molecule has 170 valence electrons. The molecule has 1 aliphatic carbocycles. The number of carbonyl (C=O) groups excluding carboxylic acids is 2. The molecule has 1 saturated heterocycles. The van der Waals surface area contributed by atoms with Gasteiger partial charge in [-0.15, -0.1) is 0 Å². The summed E-state index contributed by atoms with van der Waals surface area (Å²) in [5.74, 6) is 0.0514. The fraction of sp³-hybridized carbons (Fsp3) is 0.455. The minimum Gasteiger partial charge on any atom is -0.497 e. The zero-order chi connectivity index (χ0) is 22.5. The Kier molecular flexibility index (Phi) is 6.67. The lowest BCUT2D eigenvalue weighted by Gasteiger charge is -2.29. The van der Waals surface area contributed by atoms with Crippen LogP contribution in [0.5, 0.6) is 11.8 Å². The van der Waals surface area contributed by atoms with E-state index in [9.17, 15) is 14.0 Å². The minimum atomic E-state index is -0.507. The van der Waals surface area contributed by atoms with Crippen LogP contribution < -0.4 is 19.7 Å². The van der Waals surface area contributed by atoms with E-state index in [0.29, 0.717) is 13.1 Å². The number of aromatic nitrogens is 2. The number of amides is 3. The second-order valence-electron chi connectivity index (χ2n) is 7.90. The number of ether oxygens (including phenoxy) is 2. The Morgan fingerprint density at radius 1 is 1.12 bits per heavy atom. The average Bonchev–Trinajstić information content (AvgIpc) is 3.16. The van der Waals surface area contributed by atoms with E-state index in [4.69, 9.17) is 9.47 Å². The van der Waals surface area contributed by atoms with E-state index in [2.05, 4.69) is 15.3 Å². The van der Waals surface area contributed by atoms with Gasteiger partial charge < -0.3 is 19.7 Å². The van der Waals surface area contributed by atoms with Gasteiger partial charge in [0, 0.05) is 24.8 Å². The predicted octanol–water partition coefficient (Wildman–Crippen LogP) is 2.37. The number of carbonyl (C=O) groups is 2. The second-order valence-corrected chi connectivity index (χ2v) is 7.90. The van der Waals surface area contributed by atoms with Crippen LogP contribution in [0.3, 0.4) is 0 Å². The van der Waals surface area contributed by atoms with Gasteiger partial charge >= 0.3 is 12.0 Å². The van der Waals surface area contributed by atoms with E-state index in [1.165, 1.54) is 0 Å². The number of nitrogens with one attached hydrogen (secondary N) is 1. The summed E-state index contributed by atoms with van der Waals surface area (Å²) < 4.78 is 23.7. The monoisotopic (exact) mass is 443 g/mol. The highest BCUT2D eigenvalue weighted by Crippen LogP contribution is 2.24. The van der Waals surface area contributed by atoms with Crippen molar-refractivity contribution in [1.82, 2.24) is 20.2 Å². The van der Waals surface area contributed by atoms with Crippen molar-refractivity contribution in [2.24, 2.45) is 0 Å². The van der Waals surface area contributed by atoms with Gasteiger partial charge in [0.2, 0.25) is 5.91 Å². The summed E-state index contributed by atoms with van der Waals surface area (Å²) >= 11 is 0. The first-order valence-electron chi connectivity index (χ1n) is 10.7. The van der Waals surface area contributed by atoms with Gasteiger partial charge in [0.15, 0.2) is 5.82 Å². The van der Waals surface area contributed by atoms with E-state index in [-0.39, 0.29) is 36.6 Å². The van der Waals surface area contributed by atoms with Gasteiger partial charge in [-0.3, -0.25) is 9.69 Å². The summed E-state index contributed by atoms with van der Waals surface area (Å²) in [6.07, 6.45) is 5.06. The largest absolute Gasteiger partial charge is 0.497 e. The van der Waals surface area contributed by atoms with Crippen molar-refractivity contribution in [2.45, 2.75) is 37.8 Å². The summed E-state index contributed by atoms with van der Waals surface area (Å²) in [5, 5.41) is 3.02. The van der Waals surface area contributed by atoms with E-state index in [0.717, 1.165) is 49.5 Å². The quantitative estimate of drug-likeness (QED) is 0.706. The van der Waals surface area contributed by atoms with Crippen molar-refractivity contribution < 1.29 is 23.5 Å². The van der Waals surface area contributed by atoms with Crippen LogP contribution in [0.25, 0.3) is 0 Å². The molecule has 1 N–H and O–H groups in total. The van der Waals surface area contributed by atoms with Crippen LogP contribution >= 0.6 is 0 Å². The maximum atomic E-state index is 12.9. The molecule has 3 amide bonds. The molecular weight excluding hydrogens is 417 g/mol. The molecule has 2 aliphatic rings. The molecule has 32 heavy (non-hydrogen) atoms. The molecule has 9 nitrogen and oxygen atoms in total. The molecule has 2 fully saturated rings. The Morgan fingerprint density at radius 3 is 2.47 bits per heavy atom. The molecule has 0 radical (unpaired) electrons. The van der Waals surface area contributed by atoms with Gasteiger partial charge in [0.05, 0.1) is 19.5 Å². The lowest BCUT2D eigenvalue weighted by Crippen LogP contribution is -2.45. The summed E-state index contributed by atoms with van der Waals surface area (Å²) in [4.78, 5) is 36.1. The van der Waals surface area contributed by atoms with Crippen molar-refractivity contribution >= 4 is 17.6 Å². The highest BCUT2D eigenvalue weighted by Gasteiger charge is 2.32. The van der Waals surface area contributed by atoms with Gasteiger partial charge in [-0.1, -0.05) is 0 Å². The van der Waals surface area contributed by atoms with E-state index in [1.807, 2.05) is 12.1 Å². The van der Waals surface area contributed by atoms with Crippen LogP contribution in [0.15, 0.2) is 36.7 Å². The number of hydrogen-bond acceptors (Lipinski definition) is 6. The van der Waals surface area contributed by atoms with Gasteiger partial charge in [-0.2, -0.15) is 0 Å². The first kappa shape index (κ1) is 21.8. The van der Waals surface area contributed by atoms with Crippen molar-refractivity contribution in [3.8, 4) is 11.8 Å². The van der Waals surface area contributed by atoms with Crippen LogP contribution in [-0.2, 0) is 4.79 Å². The van der Waals surface area contributed by atoms with Crippen LogP contribution in [0.4, 0.5) is 14.9 Å². The lowest BCUT2D eigenvalue weighted by molar-refractivity contribution is -0.122. The number of rotatable bonds is 7. The number of halogens is 1. The molecule has 1 aliphatic heterocycles. The highest BCUT2D eigenvalue weighted by molar-refractivity contribution is 5.96. The second kappa shape index (κ2) is 9.80. The Labute approximate surface area is 185 Å². The number of benzene rings is 1. The zero-order valence-corrected chi connectivity index (χ0v) is 17.9. The fourth-order valence-corrected chi connectivity index (χ4v) is 4.01. The Bertz CT molecular complexity index is 932. The Morgan fingerprint density at radius 2 is 1.81 bits per heavy atom. The summed E-state index contributed by atoms with van der Waals surface area (Å²) in [6.45, 7) is 1.06. The number of nitrogens with zero attached hydrogens (tertiary/aromatic N) is 4. The Hall–Kier alpha value is -3.43. The van der Waals surface area contributed by atoms with E-state index >= 15 is 0 Å². The van der Waals surface area contributed by atoms with Gasteiger partial charge in [-0.05, 0) is 49.9 Å². The molecule has 4 rings (SSSR count). The highest BCUT2D eigenvalue weighted by atomic mass is 19.1. The molecule has 1 aromatic carbocycles. The third-order valence-corrected chi connectivity index (χ3v) is 5.72. The molecule has 1 saturated carbocycles. The van der Waals surface area contributed by atoms with Crippen LogP contribution in [0.2, 0.25) is 0 Å². The molecule has 2 heterocycles. The molecular formula is C22H26FN5O4. The number of methoxy groups -OCH3 is 1. The van der Waals surface area contributed by atoms with Crippen LogP contribution in [0, 0.1) is 5.82 Å². The van der Waals surface area contributed by atoms with E-state index < -0.39 is 5.82 Å². The number of hydrogen-bond donors (Lipinski definition) is 1. The van der Waals surface area contributed by atoms with Gasteiger partial charge in [0.1, 0.15) is 18.4 Å². The minimum absolute atomic E-state index is 0.0331. The third-order valence-electron chi connectivity index (χ3n) is 5.72. The van der Waals surface area contributed by atoms with Crippen molar-refractivity contribution in [2.75, 3.05) is 31.6 Å². The van der Waals surface area contributed by atoms with Crippen LogP contribution in [-0.4, -0.2) is 65.7 Å². The maximum Gasteiger partial charge on any atom is 0.325 e. The number of anilines is 1. The van der Waals surface area contributed by atoms with Crippen molar-refractivity contribution in [3.63, 3.8) is 0 Å². The standard InChI is InChI=1S/C22H26FN5O4/c1-31-18-8-4-17(5-9-18)28-11-10-27(22(28)30)14-20(29)26-16-2-6-19(7-3-16)32-21-24-12-15(23)13-25-21/h4-5,8-9,12-13,16,19H,2-3,6-7,10-11,14H2,1H3,(H,26,29). The lowest BCUT2D eigenvalue weighted by atomic mass is 9.93. The zero-order valence-electron chi connectivity index (χ0n) is 17.9. The topological polar surface area (TPSA) is 96.9 Å². The fourth-order valence-electron chi connectivity index (χ4n) is 4.01. The normalized spacial score (nSPS) is 20.9. The average molecular weight is 443 g/mol. The molecule has 0 atom stereocenters. The molecule has 0 spiro atoms. The van der Waals surface area contributed by atoms with Crippen LogP contribution in [0.1, 0.15) is 25.7 Å². The van der Waals surface area contributed by atoms with Crippen molar-refractivity contribution in [3.05, 3.63) is 42.5 Å². The first-order valence-corrected chi connectivity index (χ1v) is 10.7. The molecule has 10 heteroatoms. The summed E-state index contributed by atoms with van der Waals surface area (Å²) in [7, 11) is 1.59. The van der Waals surface area contributed by atoms with Crippen molar-refractivity contribution in [1.29, 1.82) is 0 Å². The Balaban J connectivity index is 1.21. The SMILES string of the molecule is COc1ccc(N2CCN(CC(=O)NC3CCC(Oc4ncc(F)cn4)CC3)C2=O)cc1. The molecule has 0 unspecified atom stereocenters. The number of urea groups is 1. The summed E-state index contributed by atoms with van der Waals surface area (Å²) in [5.41, 5.74) is 0.780. The first-order chi connectivity index (χ1) is 15.5. The molecule has 2 aromatic rings. The summed E-state index contributed by atoms with van der Waals surface area (Å²) in [6, 6.07) is 7.29. The van der Waals surface area contributed by atoms with E-state index in [1.54, 1.807) is 29.0 Å². The predicted molar refractivity (Wildman–Crippen MR) is 114 cm³/mol. The van der Waals surface area contributed by atoms with Gasteiger partial charge in [-0.25, -0.2) is 19.2 Å². The molecule has 0 bridgehead atoms. The maximum absolute atomic E-state index is 12.9.